The van der Waals surface area contributed by atoms with Crippen molar-refractivity contribution in [3.05, 3.63) is 59.7 Å². The van der Waals surface area contributed by atoms with Gasteiger partial charge >= 0.3 is 5.97 Å². The van der Waals surface area contributed by atoms with Crippen LogP contribution in [0.4, 0.5) is 10.1 Å². The van der Waals surface area contributed by atoms with Crippen molar-refractivity contribution >= 4 is 11.7 Å². The quantitative estimate of drug-likeness (QED) is 0.917. The summed E-state index contributed by atoms with van der Waals surface area (Å²) in [5.41, 5.74) is 1.61. The van der Waals surface area contributed by atoms with Crippen LogP contribution in [0.15, 0.2) is 42.7 Å². The van der Waals surface area contributed by atoms with E-state index in [4.69, 9.17) is 5.11 Å². The maximum Gasteiger partial charge on any atom is 0.337 e. The van der Waals surface area contributed by atoms with Gasteiger partial charge in [0, 0.05) is 19.8 Å². The molecular formula is C14H13FN2O2. The zero-order valence-electron chi connectivity index (χ0n) is 10.4. The molecule has 1 aromatic heterocycles. The third-order valence-electron chi connectivity index (χ3n) is 2.77. The van der Waals surface area contributed by atoms with Gasteiger partial charge in [-0.05, 0) is 23.8 Å². The number of hydrogen-bond donors (Lipinski definition) is 1. The summed E-state index contributed by atoms with van der Waals surface area (Å²) in [5.74, 6) is -1.29. The molecule has 0 fully saturated rings. The van der Waals surface area contributed by atoms with E-state index in [0.29, 0.717) is 12.2 Å². The van der Waals surface area contributed by atoms with Crippen LogP contribution < -0.4 is 4.90 Å². The number of pyridine rings is 1. The van der Waals surface area contributed by atoms with Crippen molar-refractivity contribution in [2.45, 2.75) is 6.54 Å². The molecular weight excluding hydrogens is 247 g/mol. The van der Waals surface area contributed by atoms with Crippen LogP contribution in [-0.2, 0) is 6.54 Å². The van der Waals surface area contributed by atoms with Gasteiger partial charge in [-0.3, -0.25) is 4.98 Å². The Morgan fingerprint density at radius 2 is 2.00 bits per heavy atom. The number of rotatable bonds is 4. The van der Waals surface area contributed by atoms with Gasteiger partial charge in [-0.2, -0.15) is 0 Å². The van der Waals surface area contributed by atoms with Crippen molar-refractivity contribution in [1.29, 1.82) is 0 Å². The average Bonchev–Trinajstić information content (AvgIpc) is 2.41. The molecule has 5 heteroatoms. The van der Waals surface area contributed by atoms with Crippen LogP contribution in [0.2, 0.25) is 0 Å². The van der Waals surface area contributed by atoms with Crippen molar-refractivity contribution in [2.75, 3.05) is 11.9 Å². The zero-order chi connectivity index (χ0) is 13.8. The van der Waals surface area contributed by atoms with Crippen molar-refractivity contribution in [1.82, 2.24) is 4.98 Å². The topological polar surface area (TPSA) is 53.4 Å². The Bertz CT molecular complexity index is 584. The Labute approximate surface area is 110 Å². The van der Waals surface area contributed by atoms with Gasteiger partial charge in [0.05, 0.1) is 17.4 Å². The Hall–Kier alpha value is -2.43. The molecule has 0 aliphatic rings. The van der Waals surface area contributed by atoms with Crippen LogP contribution in [0.3, 0.4) is 0 Å². The van der Waals surface area contributed by atoms with Crippen LogP contribution in [0.5, 0.6) is 0 Å². The van der Waals surface area contributed by atoms with Crippen LogP contribution in [0.1, 0.15) is 15.9 Å². The lowest BCUT2D eigenvalue weighted by Gasteiger charge is -2.20. The lowest BCUT2D eigenvalue weighted by atomic mass is 10.1. The van der Waals surface area contributed by atoms with Gasteiger partial charge in [-0.15, -0.1) is 0 Å². The first kappa shape index (κ1) is 13.0. The highest BCUT2D eigenvalue weighted by molar-refractivity contribution is 5.94. The van der Waals surface area contributed by atoms with Gasteiger partial charge in [0.15, 0.2) is 0 Å². The monoisotopic (exact) mass is 260 g/mol. The maximum atomic E-state index is 12.8. The molecule has 1 heterocycles. The minimum atomic E-state index is -0.997. The fourth-order valence-electron chi connectivity index (χ4n) is 1.82. The third kappa shape index (κ3) is 3.07. The van der Waals surface area contributed by atoms with Gasteiger partial charge in [-0.25, -0.2) is 9.18 Å². The lowest BCUT2D eigenvalue weighted by Crippen LogP contribution is -2.19. The van der Waals surface area contributed by atoms with E-state index in [1.165, 1.54) is 30.6 Å². The molecule has 0 atom stereocenters. The van der Waals surface area contributed by atoms with E-state index < -0.39 is 5.97 Å². The van der Waals surface area contributed by atoms with Crippen molar-refractivity contribution in [3.8, 4) is 0 Å². The molecule has 0 radical (unpaired) electrons. The summed E-state index contributed by atoms with van der Waals surface area (Å²) in [4.78, 5) is 16.8. The van der Waals surface area contributed by atoms with Crippen LogP contribution >= 0.6 is 0 Å². The summed E-state index contributed by atoms with van der Waals surface area (Å²) in [5, 5.41) is 9.11. The highest BCUT2D eigenvalue weighted by Crippen LogP contribution is 2.19. The fraction of sp³-hybridized carbons (Fsp3) is 0.143. The van der Waals surface area contributed by atoms with E-state index in [-0.39, 0.29) is 11.4 Å². The summed E-state index contributed by atoms with van der Waals surface area (Å²) in [7, 11) is 1.77. The average molecular weight is 260 g/mol. The highest BCUT2D eigenvalue weighted by Gasteiger charge is 2.13. The summed E-state index contributed by atoms with van der Waals surface area (Å²) in [6.45, 7) is 0.478. The lowest BCUT2D eigenvalue weighted by molar-refractivity contribution is 0.0697. The fourth-order valence-corrected chi connectivity index (χ4v) is 1.82. The number of halogens is 1. The smallest absolute Gasteiger partial charge is 0.337 e. The molecule has 4 nitrogen and oxygen atoms in total. The number of anilines is 1. The van der Waals surface area contributed by atoms with Gasteiger partial charge in [0.2, 0.25) is 0 Å². The highest BCUT2D eigenvalue weighted by atomic mass is 19.1. The first-order chi connectivity index (χ1) is 9.08. The second kappa shape index (κ2) is 5.48. The summed E-state index contributed by atoms with van der Waals surface area (Å²) >= 11 is 0. The Morgan fingerprint density at radius 1 is 1.32 bits per heavy atom. The second-order valence-electron chi connectivity index (χ2n) is 4.18. The molecule has 0 spiro atoms. The zero-order valence-corrected chi connectivity index (χ0v) is 10.4. The van der Waals surface area contributed by atoms with E-state index in [2.05, 4.69) is 4.98 Å². The minimum absolute atomic E-state index is 0.194. The minimum Gasteiger partial charge on any atom is -0.478 e. The maximum absolute atomic E-state index is 12.8. The molecule has 0 bridgehead atoms. The van der Waals surface area contributed by atoms with E-state index in [1.807, 2.05) is 0 Å². The SMILES string of the molecule is CN(Cc1ccc(F)cc1)c1cnccc1C(=O)O. The molecule has 19 heavy (non-hydrogen) atoms. The molecule has 0 saturated carbocycles. The molecule has 2 rings (SSSR count). The normalized spacial score (nSPS) is 10.2. The molecule has 98 valence electrons. The van der Waals surface area contributed by atoms with E-state index in [0.717, 1.165) is 5.56 Å². The predicted molar refractivity (Wildman–Crippen MR) is 69.7 cm³/mol. The van der Waals surface area contributed by atoms with Crippen molar-refractivity contribution < 1.29 is 14.3 Å². The Kier molecular flexibility index (Phi) is 3.75. The Balaban J connectivity index is 2.22. The number of benzene rings is 1. The van der Waals surface area contributed by atoms with E-state index >= 15 is 0 Å². The van der Waals surface area contributed by atoms with Crippen molar-refractivity contribution in [3.63, 3.8) is 0 Å². The van der Waals surface area contributed by atoms with E-state index in [9.17, 15) is 9.18 Å². The van der Waals surface area contributed by atoms with Crippen LogP contribution in [0.25, 0.3) is 0 Å². The first-order valence-corrected chi connectivity index (χ1v) is 5.71. The number of carbonyl (C=O) groups is 1. The second-order valence-corrected chi connectivity index (χ2v) is 4.18. The molecule has 0 amide bonds. The van der Waals surface area contributed by atoms with Crippen LogP contribution in [-0.4, -0.2) is 23.1 Å². The van der Waals surface area contributed by atoms with Gasteiger partial charge in [0.1, 0.15) is 5.82 Å². The largest absolute Gasteiger partial charge is 0.478 e. The first-order valence-electron chi connectivity index (χ1n) is 5.71. The Morgan fingerprint density at radius 3 is 2.63 bits per heavy atom. The molecule has 0 aliphatic heterocycles. The number of carboxylic acid groups (broad SMARTS) is 1. The number of hydrogen-bond acceptors (Lipinski definition) is 3. The number of carboxylic acids is 1. The standard InChI is InChI=1S/C14H13FN2O2/c1-17(9-10-2-4-11(15)5-3-10)13-8-16-7-6-12(13)14(18)19/h2-8H,9H2,1H3,(H,18,19). The molecule has 1 aromatic carbocycles. The van der Waals surface area contributed by atoms with Crippen LogP contribution in [0, 0.1) is 5.82 Å². The summed E-state index contributed by atoms with van der Waals surface area (Å²) in [6.07, 6.45) is 2.95. The summed E-state index contributed by atoms with van der Waals surface area (Å²) < 4.78 is 12.8. The number of aromatic nitrogens is 1. The van der Waals surface area contributed by atoms with Gasteiger partial charge in [-0.1, -0.05) is 12.1 Å². The summed E-state index contributed by atoms with van der Waals surface area (Å²) in [6, 6.07) is 7.55. The molecule has 0 aliphatic carbocycles. The predicted octanol–water partition coefficient (Wildman–Crippen LogP) is 2.56. The molecule has 0 saturated heterocycles. The van der Waals surface area contributed by atoms with Gasteiger partial charge < -0.3 is 10.0 Å². The van der Waals surface area contributed by atoms with Crippen molar-refractivity contribution in [2.24, 2.45) is 0 Å². The van der Waals surface area contributed by atoms with E-state index in [1.54, 1.807) is 24.1 Å². The van der Waals surface area contributed by atoms with Gasteiger partial charge in [0.25, 0.3) is 0 Å². The molecule has 0 unspecified atom stereocenters. The molecule has 1 N–H and O–H groups in total. The molecule has 2 aromatic rings. The number of aromatic carboxylic acids is 1. The number of nitrogens with zero attached hydrogens (tertiary/aromatic N) is 2. The third-order valence-corrected chi connectivity index (χ3v) is 2.77.